The van der Waals surface area contributed by atoms with Gasteiger partial charge in [-0.1, -0.05) is 44.1 Å². The molecule has 0 aromatic heterocycles. The Balaban J connectivity index is 2.31. The molecular formula is C20H34O6. The predicted octanol–water partition coefficient (Wildman–Crippen LogP) is 2.56. The molecule has 6 nitrogen and oxygen atoms in total. The van der Waals surface area contributed by atoms with Crippen molar-refractivity contribution in [2.45, 2.75) is 95.2 Å². The molecule has 150 valence electrons. The zero-order chi connectivity index (χ0) is 19.4. The molecule has 0 saturated carbocycles. The smallest absolute Gasteiger partial charge is 0.303 e. The molecule has 0 radical (unpaired) electrons. The molecule has 0 aliphatic carbocycles. The molecular weight excluding hydrogens is 336 g/mol. The van der Waals surface area contributed by atoms with Crippen LogP contribution in [0.2, 0.25) is 0 Å². The number of allylic oxidation sites excluding steroid dienone is 1. The Bertz CT molecular complexity index is 448. The van der Waals surface area contributed by atoms with Gasteiger partial charge in [-0.05, 0) is 32.1 Å². The minimum absolute atomic E-state index is 0.0129. The Morgan fingerprint density at radius 2 is 1.96 bits per heavy atom. The fourth-order valence-corrected chi connectivity index (χ4v) is 2.98. The number of carboxylic acids is 1. The fourth-order valence-electron chi connectivity index (χ4n) is 2.98. The van der Waals surface area contributed by atoms with E-state index in [1.165, 1.54) is 31.4 Å². The molecule has 0 unspecified atom stereocenters. The number of aliphatic hydroxyl groups excluding tert-OH is 3. The van der Waals surface area contributed by atoms with Gasteiger partial charge in [0.15, 0.2) is 0 Å². The third kappa shape index (κ3) is 9.48. The minimum Gasteiger partial charge on any atom is -0.481 e. The van der Waals surface area contributed by atoms with Crippen molar-refractivity contribution in [3.8, 4) is 0 Å². The third-order valence-electron chi connectivity index (χ3n) is 4.56. The number of aliphatic carboxylic acids is 1. The zero-order valence-electron chi connectivity index (χ0n) is 15.7. The van der Waals surface area contributed by atoms with Crippen molar-refractivity contribution in [3.63, 3.8) is 0 Å². The summed E-state index contributed by atoms with van der Waals surface area (Å²) in [5, 5.41) is 38.6. The lowest BCUT2D eigenvalue weighted by Gasteiger charge is -2.16. The molecule has 1 heterocycles. The van der Waals surface area contributed by atoms with Crippen molar-refractivity contribution >= 4 is 5.97 Å². The van der Waals surface area contributed by atoms with E-state index in [0.717, 1.165) is 6.42 Å². The first kappa shape index (κ1) is 22.8. The molecule has 0 amide bonds. The molecule has 6 heteroatoms. The van der Waals surface area contributed by atoms with E-state index >= 15 is 0 Å². The van der Waals surface area contributed by atoms with Gasteiger partial charge in [-0.2, -0.15) is 0 Å². The fraction of sp³-hybridized carbons (Fsp3) is 0.750. The van der Waals surface area contributed by atoms with Crippen LogP contribution in [0.1, 0.15) is 64.7 Å². The van der Waals surface area contributed by atoms with Gasteiger partial charge in [0.05, 0.1) is 30.5 Å². The normalized spacial score (nSPS) is 25.9. The monoisotopic (exact) mass is 370 g/mol. The molecule has 4 N–H and O–H groups in total. The van der Waals surface area contributed by atoms with Crippen LogP contribution >= 0.6 is 0 Å². The molecule has 0 bridgehead atoms. The maximum absolute atomic E-state index is 10.4. The SMILES string of the molecule is CCCCC/C=C\C[C@H]1O[C@H]([C@@H](O)/C=C/[C@@H](O)CCCC(=O)O)C[C@H]1O. The van der Waals surface area contributed by atoms with E-state index in [9.17, 15) is 20.1 Å². The summed E-state index contributed by atoms with van der Waals surface area (Å²) in [6.45, 7) is 2.17. The lowest BCUT2D eigenvalue weighted by molar-refractivity contribution is -0.137. The van der Waals surface area contributed by atoms with E-state index in [1.54, 1.807) is 0 Å². The number of carbonyl (C=O) groups is 1. The van der Waals surface area contributed by atoms with Crippen molar-refractivity contribution in [2.24, 2.45) is 0 Å². The summed E-state index contributed by atoms with van der Waals surface area (Å²) in [4.78, 5) is 10.4. The molecule has 5 atom stereocenters. The van der Waals surface area contributed by atoms with Crippen molar-refractivity contribution < 1.29 is 30.0 Å². The average molecular weight is 370 g/mol. The van der Waals surface area contributed by atoms with E-state index in [-0.39, 0.29) is 12.5 Å². The third-order valence-corrected chi connectivity index (χ3v) is 4.56. The molecule has 1 rings (SSSR count). The highest BCUT2D eigenvalue weighted by atomic mass is 16.5. The van der Waals surface area contributed by atoms with Crippen molar-refractivity contribution in [1.82, 2.24) is 0 Å². The Morgan fingerprint density at radius 3 is 2.65 bits per heavy atom. The summed E-state index contributed by atoms with van der Waals surface area (Å²) < 4.78 is 5.75. The van der Waals surface area contributed by atoms with Crippen LogP contribution in [0.15, 0.2) is 24.3 Å². The van der Waals surface area contributed by atoms with Crippen LogP contribution in [-0.2, 0) is 9.53 Å². The first-order valence-electron chi connectivity index (χ1n) is 9.68. The summed E-state index contributed by atoms with van der Waals surface area (Å²) in [6.07, 6.45) is 10.3. The number of hydrogen-bond donors (Lipinski definition) is 4. The minimum atomic E-state index is -0.905. The van der Waals surface area contributed by atoms with Crippen molar-refractivity contribution in [3.05, 3.63) is 24.3 Å². The average Bonchev–Trinajstić information content (AvgIpc) is 2.96. The van der Waals surface area contributed by atoms with Gasteiger partial charge in [0.25, 0.3) is 0 Å². The molecule has 1 saturated heterocycles. The van der Waals surface area contributed by atoms with Gasteiger partial charge < -0.3 is 25.2 Å². The van der Waals surface area contributed by atoms with Gasteiger partial charge in [-0.3, -0.25) is 4.79 Å². The molecule has 0 aromatic carbocycles. The first-order valence-corrected chi connectivity index (χ1v) is 9.68. The van der Waals surface area contributed by atoms with Crippen LogP contribution < -0.4 is 0 Å². The molecule has 0 aromatic rings. The second-order valence-electron chi connectivity index (χ2n) is 6.95. The molecule has 1 aliphatic heterocycles. The van der Waals surface area contributed by atoms with Crippen LogP contribution in [0.3, 0.4) is 0 Å². The Kier molecular flexibility index (Phi) is 11.4. The number of aliphatic hydroxyl groups is 3. The predicted molar refractivity (Wildman–Crippen MR) is 99.8 cm³/mol. The van der Waals surface area contributed by atoms with Gasteiger partial charge in [-0.25, -0.2) is 0 Å². The molecule has 0 spiro atoms. The Hall–Kier alpha value is -1.21. The van der Waals surface area contributed by atoms with Crippen LogP contribution in [0.4, 0.5) is 0 Å². The number of hydrogen-bond acceptors (Lipinski definition) is 5. The number of rotatable bonds is 13. The molecule has 1 fully saturated rings. The van der Waals surface area contributed by atoms with Crippen LogP contribution in [0, 0.1) is 0 Å². The number of carboxylic acid groups (broad SMARTS) is 1. The van der Waals surface area contributed by atoms with E-state index < -0.39 is 30.4 Å². The van der Waals surface area contributed by atoms with Crippen LogP contribution in [0.5, 0.6) is 0 Å². The Labute approximate surface area is 156 Å². The topological polar surface area (TPSA) is 107 Å². The highest BCUT2D eigenvalue weighted by Crippen LogP contribution is 2.26. The van der Waals surface area contributed by atoms with Crippen LogP contribution in [-0.4, -0.2) is 56.9 Å². The summed E-state index contributed by atoms with van der Waals surface area (Å²) in [5.41, 5.74) is 0. The Morgan fingerprint density at radius 1 is 1.19 bits per heavy atom. The maximum atomic E-state index is 10.4. The molecule has 1 aliphatic rings. The lowest BCUT2D eigenvalue weighted by Crippen LogP contribution is -2.24. The highest BCUT2D eigenvalue weighted by Gasteiger charge is 2.36. The van der Waals surface area contributed by atoms with E-state index in [0.29, 0.717) is 25.7 Å². The van der Waals surface area contributed by atoms with Gasteiger partial charge in [0.1, 0.15) is 0 Å². The van der Waals surface area contributed by atoms with Gasteiger partial charge in [0.2, 0.25) is 0 Å². The standard InChI is InChI=1S/C20H34O6/c1-2-3-4-5-6-7-10-18-17(23)14-19(26-18)16(22)13-12-15(21)9-8-11-20(24)25/h6-7,12-13,15-19,21-23H,2-5,8-11,14H2,1H3,(H,24,25)/b7-6-,13-12+/t15-,16-,17+,18+,19-/m0/s1. The second-order valence-corrected chi connectivity index (χ2v) is 6.95. The quantitative estimate of drug-likeness (QED) is 0.293. The van der Waals surface area contributed by atoms with Crippen LogP contribution in [0.25, 0.3) is 0 Å². The van der Waals surface area contributed by atoms with E-state index in [1.807, 2.05) is 6.08 Å². The first-order chi connectivity index (χ1) is 12.4. The van der Waals surface area contributed by atoms with Crippen molar-refractivity contribution in [2.75, 3.05) is 0 Å². The second kappa shape index (κ2) is 13.0. The highest BCUT2D eigenvalue weighted by molar-refractivity contribution is 5.66. The maximum Gasteiger partial charge on any atom is 0.303 e. The van der Waals surface area contributed by atoms with E-state index in [2.05, 4.69) is 13.0 Å². The summed E-state index contributed by atoms with van der Waals surface area (Å²) in [6, 6.07) is 0. The van der Waals surface area contributed by atoms with Gasteiger partial charge in [-0.15, -0.1) is 0 Å². The number of ether oxygens (including phenoxy) is 1. The zero-order valence-corrected chi connectivity index (χ0v) is 15.7. The largest absolute Gasteiger partial charge is 0.481 e. The van der Waals surface area contributed by atoms with Crippen molar-refractivity contribution in [1.29, 1.82) is 0 Å². The molecule has 26 heavy (non-hydrogen) atoms. The number of unbranched alkanes of at least 4 members (excludes halogenated alkanes) is 3. The summed E-state index contributed by atoms with van der Waals surface area (Å²) in [7, 11) is 0. The van der Waals surface area contributed by atoms with Gasteiger partial charge >= 0.3 is 5.97 Å². The summed E-state index contributed by atoms with van der Waals surface area (Å²) in [5.74, 6) is -0.889. The summed E-state index contributed by atoms with van der Waals surface area (Å²) >= 11 is 0. The lowest BCUT2D eigenvalue weighted by atomic mass is 10.0. The van der Waals surface area contributed by atoms with Gasteiger partial charge in [0, 0.05) is 12.8 Å². The van der Waals surface area contributed by atoms with E-state index in [4.69, 9.17) is 9.84 Å².